The molecule has 2 aliphatic rings. The van der Waals surface area contributed by atoms with Crippen molar-refractivity contribution in [3.8, 4) is 11.4 Å². The van der Waals surface area contributed by atoms with Gasteiger partial charge in [-0.2, -0.15) is 4.98 Å². The first-order valence-corrected chi connectivity index (χ1v) is 9.64. The molecule has 0 radical (unpaired) electrons. The first-order chi connectivity index (χ1) is 12.6. The van der Waals surface area contributed by atoms with Crippen molar-refractivity contribution < 1.29 is 9.26 Å². The zero-order valence-corrected chi connectivity index (χ0v) is 16.7. The fraction of sp³-hybridized carbons (Fsp3) is 0.600. The number of rotatable bonds is 4. The first kappa shape index (κ1) is 20.3. The standard InChI is InChI=1S/C20H28N4O2.ClH/c1-20(21)9-3-2-4-17(20)19-22-18(23-26-19)16-7-5-15(6-8-16)14-24-10-12-25-13-11-24;/h5-8,17H,2-4,9-14,21H2,1H3;1H. The normalized spacial score (nSPS) is 26.5. The van der Waals surface area contributed by atoms with Crippen LogP contribution in [0.15, 0.2) is 28.8 Å². The lowest BCUT2D eigenvalue weighted by atomic mass is 9.74. The van der Waals surface area contributed by atoms with Crippen molar-refractivity contribution in [1.82, 2.24) is 15.0 Å². The number of hydrogen-bond acceptors (Lipinski definition) is 6. The summed E-state index contributed by atoms with van der Waals surface area (Å²) >= 11 is 0. The summed E-state index contributed by atoms with van der Waals surface area (Å²) in [5.41, 5.74) is 8.49. The molecule has 6 nitrogen and oxygen atoms in total. The Morgan fingerprint density at radius 1 is 1.19 bits per heavy atom. The van der Waals surface area contributed by atoms with E-state index in [4.69, 9.17) is 15.0 Å². The Balaban J connectivity index is 0.00000210. The molecule has 2 atom stereocenters. The van der Waals surface area contributed by atoms with E-state index in [-0.39, 0.29) is 23.9 Å². The molecule has 7 heteroatoms. The maximum absolute atomic E-state index is 6.47. The fourth-order valence-electron chi connectivity index (χ4n) is 4.03. The molecule has 2 unspecified atom stereocenters. The number of halogens is 1. The summed E-state index contributed by atoms with van der Waals surface area (Å²) in [5.74, 6) is 1.49. The zero-order chi connectivity index (χ0) is 18.0. The van der Waals surface area contributed by atoms with Gasteiger partial charge in [-0.15, -0.1) is 12.4 Å². The number of aromatic nitrogens is 2. The van der Waals surface area contributed by atoms with E-state index in [1.807, 2.05) is 0 Å². The summed E-state index contributed by atoms with van der Waals surface area (Å²) in [6.45, 7) is 6.69. The second-order valence-electron chi connectivity index (χ2n) is 7.85. The van der Waals surface area contributed by atoms with Crippen LogP contribution in [0.5, 0.6) is 0 Å². The summed E-state index contributed by atoms with van der Waals surface area (Å²) in [5, 5.41) is 4.20. The van der Waals surface area contributed by atoms with E-state index < -0.39 is 0 Å². The number of nitrogens with two attached hydrogens (primary N) is 1. The summed E-state index contributed by atoms with van der Waals surface area (Å²) in [4.78, 5) is 7.07. The Morgan fingerprint density at radius 2 is 1.93 bits per heavy atom. The van der Waals surface area contributed by atoms with Gasteiger partial charge in [0.25, 0.3) is 0 Å². The lowest BCUT2D eigenvalue weighted by molar-refractivity contribution is 0.0342. The Kier molecular flexibility index (Phi) is 6.52. The van der Waals surface area contributed by atoms with Crippen molar-refractivity contribution >= 4 is 12.4 Å². The van der Waals surface area contributed by atoms with Crippen molar-refractivity contribution in [3.63, 3.8) is 0 Å². The second-order valence-corrected chi connectivity index (χ2v) is 7.85. The molecule has 0 amide bonds. The van der Waals surface area contributed by atoms with Crippen LogP contribution in [0, 0.1) is 0 Å². The molecule has 1 saturated carbocycles. The Hall–Kier alpha value is -1.47. The molecule has 2 aromatic rings. The maximum atomic E-state index is 6.47. The number of morpholine rings is 1. The van der Waals surface area contributed by atoms with Gasteiger partial charge in [0.2, 0.25) is 11.7 Å². The van der Waals surface area contributed by atoms with Gasteiger partial charge in [0.15, 0.2) is 0 Å². The van der Waals surface area contributed by atoms with Crippen LogP contribution in [-0.2, 0) is 11.3 Å². The predicted molar refractivity (Wildman–Crippen MR) is 107 cm³/mol. The highest BCUT2D eigenvalue weighted by Gasteiger charge is 2.37. The molecule has 4 rings (SSSR count). The van der Waals surface area contributed by atoms with Crippen molar-refractivity contribution in [2.24, 2.45) is 5.73 Å². The quantitative estimate of drug-likeness (QED) is 0.859. The monoisotopic (exact) mass is 392 g/mol. The molecule has 148 valence electrons. The molecule has 1 aromatic heterocycles. The minimum absolute atomic E-state index is 0. The van der Waals surface area contributed by atoms with E-state index in [0.29, 0.717) is 11.7 Å². The summed E-state index contributed by atoms with van der Waals surface area (Å²) in [6.07, 6.45) is 4.37. The third kappa shape index (κ3) is 4.69. The van der Waals surface area contributed by atoms with Crippen molar-refractivity contribution in [2.45, 2.75) is 50.6 Å². The molecule has 0 spiro atoms. The lowest BCUT2D eigenvalue weighted by Crippen LogP contribution is -2.44. The van der Waals surface area contributed by atoms with Crippen LogP contribution in [-0.4, -0.2) is 46.9 Å². The highest BCUT2D eigenvalue weighted by Crippen LogP contribution is 2.38. The van der Waals surface area contributed by atoms with Crippen LogP contribution >= 0.6 is 12.4 Å². The third-order valence-electron chi connectivity index (χ3n) is 5.72. The summed E-state index contributed by atoms with van der Waals surface area (Å²) < 4.78 is 11.0. The second kappa shape index (κ2) is 8.69. The van der Waals surface area contributed by atoms with E-state index in [2.05, 4.69) is 46.2 Å². The summed E-state index contributed by atoms with van der Waals surface area (Å²) in [7, 11) is 0. The highest BCUT2D eigenvalue weighted by atomic mass is 35.5. The van der Waals surface area contributed by atoms with Gasteiger partial charge in [-0.3, -0.25) is 4.90 Å². The van der Waals surface area contributed by atoms with Gasteiger partial charge in [0, 0.05) is 30.7 Å². The van der Waals surface area contributed by atoms with E-state index in [1.165, 1.54) is 18.4 Å². The number of nitrogens with zero attached hydrogens (tertiary/aromatic N) is 3. The first-order valence-electron chi connectivity index (χ1n) is 9.64. The van der Waals surface area contributed by atoms with Gasteiger partial charge in [0.1, 0.15) is 0 Å². The number of benzene rings is 1. The van der Waals surface area contributed by atoms with Gasteiger partial charge in [-0.05, 0) is 25.3 Å². The van der Waals surface area contributed by atoms with E-state index >= 15 is 0 Å². The topological polar surface area (TPSA) is 77.4 Å². The van der Waals surface area contributed by atoms with E-state index in [1.54, 1.807) is 0 Å². The van der Waals surface area contributed by atoms with Gasteiger partial charge in [0.05, 0.1) is 19.1 Å². The third-order valence-corrected chi connectivity index (χ3v) is 5.72. The molecule has 1 aromatic carbocycles. The molecule has 27 heavy (non-hydrogen) atoms. The average Bonchev–Trinajstić information content (AvgIpc) is 3.12. The van der Waals surface area contributed by atoms with Crippen LogP contribution in [0.25, 0.3) is 11.4 Å². The van der Waals surface area contributed by atoms with Gasteiger partial charge >= 0.3 is 0 Å². The molecule has 2 fully saturated rings. The molecule has 1 aliphatic heterocycles. The zero-order valence-electron chi connectivity index (χ0n) is 15.9. The predicted octanol–water partition coefficient (Wildman–Crippen LogP) is 3.37. The molecular formula is C20H29ClN4O2. The highest BCUT2D eigenvalue weighted by molar-refractivity contribution is 5.85. The van der Waals surface area contributed by atoms with E-state index in [0.717, 1.165) is 51.3 Å². The van der Waals surface area contributed by atoms with Crippen LogP contribution in [0.4, 0.5) is 0 Å². The minimum atomic E-state index is -0.260. The van der Waals surface area contributed by atoms with Crippen molar-refractivity contribution in [2.75, 3.05) is 26.3 Å². The maximum Gasteiger partial charge on any atom is 0.231 e. The number of ether oxygens (including phenoxy) is 1. The fourth-order valence-corrected chi connectivity index (χ4v) is 4.03. The molecule has 2 N–H and O–H groups in total. The Morgan fingerprint density at radius 3 is 2.63 bits per heavy atom. The molecular weight excluding hydrogens is 364 g/mol. The molecule has 1 saturated heterocycles. The Labute approximate surface area is 166 Å². The van der Waals surface area contributed by atoms with Crippen LogP contribution in [0.2, 0.25) is 0 Å². The Bertz CT molecular complexity index is 726. The molecule has 1 aliphatic carbocycles. The van der Waals surface area contributed by atoms with Gasteiger partial charge in [-0.1, -0.05) is 42.3 Å². The largest absolute Gasteiger partial charge is 0.379 e. The average molecular weight is 393 g/mol. The molecule has 2 heterocycles. The minimum Gasteiger partial charge on any atom is -0.379 e. The van der Waals surface area contributed by atoms with Crippen LogP contribution < -0.4 is 5.73 Å². The van der Waals surface area contributed by atoms with Crippen molar-refractivity contribution in [3.05, 3.63) is 35.7 Å². The number of hydrogen-bond donors (Lipinski definition) is 1. The van der Waals surface area contributed by atoms with Gasteiger partial charge in [-0.25, -0.2) is 0 Å². The smallest absolute Gasteiger partial charge is 0.231 e. The lowest BCUT2D eigenvalue weighted by Gasteiger charge is -2.35. The van der Waals surface area contributed by atoms with Crippen LogP contribution in [0.3, 0.4) is 0 Å². The SMILES string of the molecule is CC1(N)CCCCC1c1nc(-c2ccc(CN3CCOCC3)cc2)no1.Cl. The van der Waals surface area contributed by atoms with Crippen LogP contribution in [0.1, 0.15) is 50.0 Å². The molecule has 0 bridgehead atoms. The summed E-state index contributed by atoms with van der Waals surface area (Å²) in [6, 6.07) is 8.45. The van der Waals surface area contributed by atoms with E-state index in [9.17, 15) is 0 Å². The van der Waals surface area contributed by atoms with Gasteiger partial charge < -0.3 is 15.0 Å². The van der Waals surface area contributed by atoms with Crippen molar-refractivity contribution in [1.29, 1.82) is 0 Å².